The molecule has 10 nitrogen and oxygen atoms in total. The molecule has 0 aliphatic heterocycles. The van der Waals surface area contributed by atoms with Gasteiger partial charge in [-0.1, -0.05) is 6.07 Å². The number of rotatable bonds is 11. The van der Waals surface area contributed by atoms with Crippen LogP contribution in [0.4, 0.5) is 5.69 Å². The highest BCUT2D eigenvalue weighted by molar-refractivity contribution is 14.0. The van der Waals surface area contributed by atoms with Crippen molar-refractivity contribution in [1.82, 2.24) is 15.4 Å². The summed E-state index contributed by atoms with van der Waals surface area (Å²) in [5.74, 6) is 0.582. The highest BCUT2D eigenvalue weighted by Crippen LogP contribution is 2.16. The van der Waals surface area contributed by atoms with Gasteiger partial charge in [-0.2, -0.15) is 0 Å². The van der Waals surface area contributed by atoms with E-state index in [2.05, 4.69) is 20.3 Å². The molecule has 0 saturated carbocycles. The number of non-ortho nitro benzene ring substituents is 1. The fourth-order valence-corrected chi connectivity index (χ4v) is 3.03. The number of nitrogens with zero attached hydrogens (tertiary/aromatic N) is 2. The number of nitro benzene ring substituents is 1. The zero-order chi connectivity index (χ0) is 19.4. The summed E-state index contributed by atoms with van der Waals surface area (Å²) in [6, 6.07) is 4.91. The molecule has 0 spiro atoms. The Morgan fingerprint density at radius 3 is 2.67 bits per heavy atom. The number of nitrogens with one attached hydrogen (secondary N) is 3. The van der Waals surface area contributed by atoms with Gasteiger partial charge in [0.1, 0.15) is 0 Å². The van der Waals surface area contributed by atoms with Crippen LogP contribution in [-0.2, 0) is 14.8 Å². The van der Waals surface area contributed by atoms with Crippen molar-refractivity contribution in [2.45, 2.75) is 18.2 Å². The van der Waals surface area contributed by atoms with Crippen molar-refractivity contribution in [3.8, 4) is 0 Å². The third-order valence-corrected chi connectivity index (χ3v) is 4.63. The van der Waals surface area contributed by atoms with E-state index in [0.717, 1.165) is 12.5 Å². The topological polar surface area (TPSA) is 135 Å². The molecule has 0 unspecified atom stereocenters. The molecule has 0 aliphatic carbocycles. The zero-order valence-electron chi connectivity index (χ0n) is 15.3. The van der Waals surface area contributed by atoms with Crippen LogP contribution >= 0.6 is 24.0 Å². The lowest BCUT2D eigenvalue weighted by Crippen LogP contribution is -2.41. The minimum atomic E-state index is -3.82. The van der Waals surface area contributed by atoms with Crippen molar-refractivity contribution >= 4 is 45.6 Å². The number of nitro groups is 1. The van der Waals surface area contributed by atoms with Gasteiger partial charge in [0.25, 0.3) is 5.69 Å². The van der Waals surface area contributed by atoms with Crippen molar-refractivity contribution < 1.29 is 18.1 Å². The van der Waals surface area contributed by atoms with Gasteiger partial charge in [-0.3, -0.25) is 15.1 Å². The van der Waals surface area contributed by atoms with Crippen LogP contribution in [0.5, 0.6) is 0 Å². The monoisotopic (exact) mass is 515 g/mol. The average molecular weight is 515 g/mol. The van der Waals surface area contributed by atoms with Gasteiger partial charge in [0, 0.05) is 52.0 Å². The summed E-state index contributed by atoms with van der Waals surface area (Å²) in [5, 5.41) is 16.8. The van der Waals surface area contributed by atoms with Crippen LogP contribution in [-0.4, -0.2) is 59.2 Å². The largest absolute Gasteiger partial charge is 0.385 e. The highest BCUT2D eigenvalue weighted by Gasteiger charge is 2.16. The maximum atomic E-state index is 12.2. The van der Waals surface area contributed by atoms with Crippen molar-refractivity contribution in [1.29, 1.82) is 0 Å². The molecule has 1 aromatic rings. The molecule has 3 N–H and O–H groups in total. The third-order valence-electron chi connectivity index (χ3n) is 3.17. The van der Waals surface area contributed by atoms with E-state index in [-0.39, 0.29) is 41.1 Å². The number of halogens is 1. The van der Waals surface area contributed by atoms with E-state index in [4.69, 9.17) is 4.74 Å². The fourth-order valence-electron chi connectivity index (χ4n) is 1.96. The lowest BCUT2D eigenvalue weighted by molar-refractivity contribution is -0.385. The van der Waals surface area contributed by atoms with Gasteiger partial charge in [0.05, 0.1) is 9.82 Å². The maximum Gasteiger partial charge on any atom is 0.270 e. The standard InChI is InChI=1S/C15H25N5O5S.HI/c1-3-16-15(17-8-5-11-25-2)18-9-10-19-26(23,24)14-7-4-6-13(12-14)20(21)22;/h4,6-7,12,19H,3,5,8-11H2,1-2H3,(H2,16,17,18);1H. The number of guanidine groups is 1. The molecule has 0 radical (unpaired) electrons. The molecule has 0 bridgehead atoms. The molecule has 0 fully saturated rings. The lowest BCUT2D eigenvalue weighted by Gasteiger charge is -2.12. The lowest BCUT2D eigenvalue weighted by atomic mass is 10.3. The highest BCUT2D eigenvalue weighted by atomic mass is 127. The Labute approximate surface area is 176 Å². The first-order valence-electron chi connectivity index (χ1n) is 8.16. The molecule has 154 valence electrons. The Bertz CT molecular complexity index is 714. The predicted octanol–water partition coefficient (Wildman–Crippen LogP) is 1.08. The van der Waals surface area contributed by atoms with E-state index < -0.39 is 14.9 Å². The normalized spacial score (nSPS) is 11.6. The van der Waals surface area contributed by atoms with Crippen LogP contribution in [0.1, 0.15) is 13.3 Å². The first kappa shape index (κ1) is 25.5. The van der Waals surface area contributed by atoms with E-state index >= 15 is 0 Å². The number of sulfonamides is 1. The van der Waals surface area contributed by atoms with Crippen LogP contribution in [0, 0.1) is 10.1 Å². The van der Waals surface area contributed by atoms with Crippen molar-refractivity contribution in [3.05, 3.63) is 34.4 Å². The SMILES string of the molecule is CCNC(=NCCCOC)NCCNS(=O)(=O)c1cccc([N+](=O)[O-])c1.I. The Balaban J connectivity index is 0.00000676. The van der Waals surface area contributed by atoms with Crippen molar-refractivity contribution in [3.63, 3.8) is 0 Å². The molecular formula is C15H26IN5O5S. The Morgan fingerprint density at radius 2 is 2.04 bits per heavy atom. The summed E-state index contributed by atoms with van der Waals surface area (Å²) in [6.45, 7) is 4.22. The molecule has 0 aromatic heterocycles. The van der Waals surface area contributed by atoms with Crippen molar-refractivity contribution in [2.75, 3.05) is 39.9 Å². The van der Waals surface area contributed by atoms with E-state index in [9.17, 15) is 18.5 Å². The van der Waals surface area contributed by atoms with Crippen LogP contribution in [0.25, 0.3) is 0 Å². The summed E-state index contributed by atoms with van der Waals surface area (Å²) in [7, 11) is -2.20. The summed E-state index contributed by atoms with van der Waals surface area (Å²) in [6.07, 6.45) is 0.784. The smallest absolute Gasteiger partial charge is 0.270 e. The quantitative estimate of drug-likeness (QED) is 0.100. The second-order valence-corrected chi connectivity index (χ2v) is 6.95. The van der Waals surface area contributed by atoms with Gasteiger partial charge < -0.3 is 15.4 Å². The van der Waals surface area contributed by atoms with E-state index in [1.807, 2.05) is 6.92 Å². The fraction of sp³-hybridized carbons (Fsp3) is 0.533. The maximum absolute atomic E-state index is 12.2. The van der Waals surface area contributed by atoms with Gasteiger partial charge in [0.2, 0.25) is 10.0 Å². The Kier molecular flexibility index (Phi) is 12.9. The predicted molar refractivity (Wildman–Crippen MR) is 114 cm³/mol. The molecule has 0 heterocycles. The number of hydrogen-bond donors (Lipinski definition) is 3. The van der Waals surface area contributed by atoms with Crippen LogP contribution in [0.15, 0.2) is 34.2 Å². The van der Waals surface area contributed by atoms with Crippen LogP contribution in [0.3, 0.4) is 0 Å². The van der Waals surface area contributed by atoms with Crippen molar-refractivity contribution in [2.24, 2.45) is 4.99 Å². The molecule has 0 atom stereocenters. The average Bonchev–Trinajstić information content (AvgIpc) is 2.62. The number of ether oxygens (including phenoxy) is 1. The van der Waals surface area contributed by atoms with Gasteiger partial charge in [0.15, 0.2) is 5.96 Å². The zero-order valence-corrected chi connectivity index (χ0v) is 18.5. The third kappa shape index (κ3) is 9.83. The molecule has 0 amide bonds. The number of benzene rings is 1. The Hall–Kier alpha value is -1.51. The molecular weight excluding hydrogens is 489 g/mol. The van der Waals surface area contributed by atoms with E-state index in [1.54, 1.807) is 7.11 Å². The minimum Gasteiger partial charge on any atom is -0.385 e. The molecule has 0 saturated heterocycles. The Morgan fingerprint density at radius 1 is 1.30 bits per heavy atom. The minimum absolute atomic E-state index is 0. The molecule has 1 aromatic carbocycles. The summed E-state index contributed by atoms with van der Waals surface area (Å²) >= 11 is 0. The van der Waals surface area contributed by atoms with Gasteiger partial charge in [-0.25, -0.2) is 13.1 Å². The second kappa shape index (κ2) is 13.6. The first-order valence-corrected chi connectivity index (χ1v) is 9.64. The summed E-state index contributed by atoms with van der Waals surface area (Å²) < 4.78 is 31.8. The number of methoxy groups -OCH3 is 1. The van der Waals surface area contributed by atoms with Gasteiger partial charge in [-0.15, -0.1) is 24.0 Å². The molecule has 12 heteroatoms. The summed E-state index contributed by atoms with van der Waals surface area (Å²) in [5.41, 5.74) is -0.274. The van der Waals surface area contributed by atoms with E-state index in [1.165, 1.54) is 18.2 Å². The number of hydrogen-bond acceptors (Lipinski definition) is 6. The summed E-state index contributed by atoms with van der Waals surface area (Å²) in [4.78, 5) is 14.3. The van der Waals surface area contributed by atoms with Gasteiger partial charge >= 0.3 is 0 Å². The number of aliphatic imine (C=N–C) groups is 1. The molecule has 27 heavy (non-hydrogen) atoms. The molecule has 1 rings (SSSR count). The second-order valence-electron chi connectivity index (χ2n) is 5.19. The first-order chi connectivity index (χ1) is 12.4. The van der Waals surface area contributed by atoms with E-state index in [0.29, 0.717) is 32.2 Å². The molecule has 0 aliphatic rings. The van der Waals surface area contributed by atoms with Crippen LogP contribution in [0.2, 0.25) is 0 Å². The van der Waals surface area contributed by atoms with Gasteiger partial charge in [-0.05, 0) is 19.4 Å². The van der Waals surface area contributed by atoms with Crippen LogP contribution < -0.4 is 15.4 Å².